The van der Waals surface area contributed by atoms with Crippen LogP contribution in [0.5, 0.6) is 0 Å². The second kappa shape index (κ2) is 8.16. The number of furan rings is 1. The average Bonchev–Trinajstić information content (AvgIpc) is 3.45. The Kier molecular flexibility index (Phi) is 5.44. The molecule has 0 bridgehead atoms. The van der Waals surface area contributed by atoms with Crippen molar-refractivity contribution >= 4 is 5.91 Å². The van der Waals surface area contributed by atoms with Crippen LogP contribution in [0.15, 0.2) is 51.8 Å². The molecule has 1 saturated heterocycles. The van der Waals surface area contributed by atoms with Crippen LogP contribution in [0.1, 0.15) is 35.4 Å². The number of methoxy groups -OCH3 is 1. The summed E-state index contributed by atoms with van der Waals surface area (Å²) in [5.41, 5.74) is 0.873. The van der Waals surface area contributed by atoms with Gasteiger partial charge in [-0.15, -0.1) is 0 Å². The van der Waals surface area contributed by atoms with Gasteiger partial charge in [0.15, 0.2) is 5.82 Å². The summed E-state index contributed by atoms with van der Waals surface area (Å²) in [6, 6.07) is 7.62. The Morgan fingerprint density at radius 2 is 2.00 bits per heavy atom. The third kappa shape index (κ3) is 3.93. The minimum Gasteiger partial charge on any atom is -0.472 e. The summed E-state index contributed by atoms with van der Waals surface area (Å²) in [4.78, 5) is 19.0. The summed E-state index contributed by atoms with van der Waals surface area (Å²) in [6.45, 7) is 1.71. The first-order valence-electron chi connectivity index (χ1n) is 9.52. The third-order valence-electron chi connectivity index (χ3n) is 5.55. The lowest BCUT2D eigenvalue weighted by Crippen LogP contribution is -2.46. The van der Waals surface area contributed by atoms with Crippen molar-refractivity contribution in [2.24, 2.45) is 0 Å². The first-order valence-corrected chi connectivity index (χ1v) is 9.52. The molecule has 0 saturated carbocycles. The van der Waals surface area contributed by atoms with E-state index in [0.717, 1.165) is 6.42 Å². The fraction of sp³-hybridized carbons (Fsp3) is 0.381. The largest absolute Gasteiger partial charge is 0.472 e. The van der Waals surface area contributed by atoms with E-state index in [4.69, 9.17) is 13.7 Å². The van der Waals surface area contributed by atoms with E-state index in [1.54, 1.807) is 25.3 Å². The molecule has 2 aromatic heterocycles. The lowest BCUT2D eigenvalue weighted by atomic mass is 9.75. The third-order valence-corrected chi connectivity index (χ3v) is 5.55. The number of benzene rings is 1. The topological polar surface area (TPSA) is 81.6 Å². The minimum absolute atomic E-state index is 0.0424. The molecule has 0 N–H and O–H groups in total. The highest BCUT2D eigenvalue weighted by molar-refractivity contribution is 5.93. The molecule has 0 aliphatic carbocycles. The molecule has 1 aliphatic rings. The van der Waals surface area contributed by atoms with Gasteiger partial charge < -0.3 is 18.6 Å². The molecule has 1 aromatic carbocycles. The number of carbonyl (C=O) groups is 1. The molecule has 3 heterocycles. The van der Waals surface area contributed by atoms with Gasteiger partial charge in [-0.3, -0.25) is 4.79 Å². The quantitative estimate of drug-likeness (QED) is 0.629. The number of nitrogens with zero attached hydrogens (tertiary/aromatic N) is 3. The van der Waals surface area contributed by atoms with Crippen LogP contribution in [0, 0.1) is 5.82 Å². The molecule has 152 valence electrons. The molecular formula is C21H22FN3O4. The van der Waals surface area contributed by atoms with Gasteiger partial charge in [0.1, 0.15) is 12.1 Å². The summed E-state index contributed by atoms with van der Waals surface area (Å²) in [6.07, 6.45) is 5.07. The van der Waals surface area contributed by atoms with E-state index in [2.05, 4.69) is 10.1 Å². The van der Waals surface area contributed by atoms with Crippen LogP contribution in [-0.4, -0.2) is 47.8 Å². The predicted molar refractivity (Wildman–Crippen MR) is 102 cm³/mol. The highest BCUT2D eigenvalue weighted by Crippen LogP contribution is 2.38. The van der Waals surface area contributed by atoms with Gasteiger partial charge in [0.2, 0.25) is 0 Å². The van der Waals surface area contributed by atoms with Crippen LogP contribution in [-0.2, 0) is 10.2 Å². The number of ether oxygens (including phenoxy) is 1. The van der Waals surface area contributed by atoms with E-state index < -0.39 is 0 Å². The Bertz CT molecular complexity index is 945. The number of amides is 1. The molecule has 0 spiro atoms. The van der Waals surface area contributed by atoms with Crippen molar-refractivity contribution in [2.75, 3.05) is 26.8 Å². The van der Waals surface area contributed by atoms with E-state index >= 15 is 0 Å². The first-order chi connectivity index (χ1) is 14.1. The highest BCUT2D eigenvalue weighted by Gasteiger charge is 2.41. The average molecular weight is 399 g/mol. The summed E-state index contributed by atoms with van der Waals surface area (Å²) in [5, 5.41) is 4.23. The standard InChI is InChI=1S/C21H22FN3O4/c1-27-13-9-21(7-10-25(11-8-21)19(26)16-6-12-28-14-16)20-23-18(29-24-20)15-2-4-17(22)5-3-15/h2-6,12,14H,7-11,13H2,1H3. The van der Waals surface area contributed by atoms with E-state index in [9.17, 15) is 9.18 Å². The second-order valence-electron chi connectivity index (χ2n) is 7.26. The van der Waals surface area contributed by atoms with Crippen LogP contribution in [0.4, 0.5) is 4.39 Å². The zero-order chi connectivity index (χ0) is 20.3. The normalized spacial score (nSPS) is 16.1. The number of halogens is 1. The number of likely N-dealkylation sites (tertiary alicyclic amines) is 1. The first kappa shape index (κ1) is 19.3. The maximum absolute atomic E-state index is 13.2. The molecule has 0 atom stereocenters. The van der Waals surface area contributed by atoms with E-state index in [0.29, 0.717) is 55.4 Å². The Hall–Kier alpha value is -3.00. The Morgan fingerprint density at radius 3 is 2.66 bits per heavy atom. The van der Waals surface area contributed by atoms with E-state index in [1.165, 1.54) is 24.7 Å². The van der Waals surface area contributed by atoms with Crippen LogP contribution in [0.3, 0.4) is 0 Å². The maximum Gasteiger partial charge on any atom is 0.257 e. The molecule has 1 aliphatic heterocycles. The van der Waals surface area contributed by atoms with Crippen molar-refractivity contribution < 1.29 is 22.9 Å². The monoisotopic (exact) mass is 399 g/mol. The lowest BCUT2D eigenvalue weighted by molar-refractivity contribution is 0.0615. The smallest absolute Gasteiger partial charge is 0.257 e. The number of piperidine rings is 1. The fourth-order valence-electron chi connectivity index (χ4n) is 3.74. The number of hydrogen-bond acceptors (Lipinski definition) is 6. The molecule has 1 amide bonds. The minimum atomic E-state index is -0.342. The van der Waals surface area contributed by atoms with Crippen molar-refractivity contribution in [3.63, 3.8) is 0 Å². The van der Waals surface area contributed by atoms with Crippen molar-refractivity contribution in [1.29, 1.82) is 0 Å². The van der Waals surface area contributed by atoms with Crippen LogP contribution in [0.2, 0.25) is 0 Å². The summed E-state index contributed by atoms with van der Waals surface area (Å²) in [5.74, 6) is 0.594. The maximum atomic E-state index is 13.2. The Balaban J connectivity index is 1.54. The van der Waals surface area contributed by atoms with Gasteiger partial charge in [-0.2, -0.15) is 4.98 Å². The van der Waals surface area contributed by atoms with Gasteiger partial charge in [0.25, 0.3) is 11.8 Å². The van der Waals surface area contributed by atoms with Crippen molar-refractivity contribution in [3.05, 3.63) is 60.1 Å². The number of rotatable bonds is 6. The Labute approximate surface area is 167 Å². The van der Waals surface area contributed by atoms with Gasteiger partial charge in [0, 0.05) is 37.8 Å². The van der Waals surface area contributed by atoms with Gasteiger partial charge in [-0.05, 0) is 49.6 Å². The number of hydrogen-bond donors (Lipinski definition) is 0. The molecule has 0 radical (unpaired) electrons. The molecule has 7 nitrogen and oxygen atoms in total. The summed E-state index contributed by atoms with van der Waals surface area (Å²) >= 11 is 0. The SMILES string of the molecule is COCCC1(c2noc(-c3ccc(F)cc3)n2)CCN(C(=O)c2ccoc2)CC1. The van der Waals surface area contributed by atoms with Crippen molar-refractivity contribution in [1.82, 2.24) is 15.0 Å². The van der Waals surface area contributed by atoms with E-state index in [-0.39, 0.29) is 17.1 Å². The fourth-order valence-corrected chi connectivity index (χ4v) is 3.74. The molecule has 8 heteroatoms. The molecule has 4 rings (SSSR count). The van der Waals surface area contributed by atoms with Gasteiger partial charge in [-0.25, -0.2) is 4.39 Å². The molecule has 29 heavy (non-hydrogen) atoms. The highest BCUT2D eigenvalue weighted by atomic mass is 19.1. The molecule has 3 aromatic rings. The number of aromatic nitrogens is 2. The second-order valence-corrected chi connectivity index (χ2v) is 7.26. The summed E-state index contributed by atoms with van der Waals surface area (Å²) < 4.78 is 29.0. The molecule has 0 unspecified atom stereocenters. The zero-order valence-electron chi connectivity index (χ0n) is 16.1. The van der Waals surface area contributed by atoms with Crippen molar-refractivity contribution in [2.45, 2.75) is 24.7 Å². The van der Waals surface area contributed by atoms with E-state index in [1.807, 2.05) is 4.90 Å². The number of carbonyl (C=O) groups excluding carboxylic acids is 1. The molecular weight excluding hydrogens is 377 g/mol. The van der Waals surface area contributed by atoms with Crippen molar-refractivity contribution in [3.8, 4) is 11.5 Å². The lowest BCUT2D eigenvalue weighted by Gasteiger charge is -2.39. The van der Waals surface area contributed by atoms with Crippen LogP contribution < -0.4 is 0 Å². The van der Waals surface area contributed by atoms with Gasteiger partial charge in [0.05, 0.1) is 11.8 Å². The van der Waals surface area contributed by atoms with Gasteiger partial charge in [-0.1, -0.05) is 5.16 Å². The van der Waals surface area contributed by atoms with Gasteiger partial charge >= 0.3 is 0 Å². The molecule has 1 fully saturated rings. The summed E-state index contributed by atoms with van der Waals surface area (Å²) in [7, 11) is 1.66. The van der Waals surface area contributed by atoms with Crippen LogP contribution in [0.25, 0.3) is 11.5 Å². The zero-order valence-corrected chi connectivity index (χ0v) is 16.1. The van der Waals surface area contributed by atoms with Crippen LogP contribution >= 0.6 is 0 Å². The predicted octanol–water partition coefficient (Wildman–Crippen LogP) is 3.68. The Morgan fingerprint density at radius 1 is 1.24 bits per heavy atom.